The number of carbonyl (C=O) groups is 3. The molecule has 0 radical (unpaired) electrons. The van der Waals surface area contributed by atoms with Gasteiger partial charge in [0.05, 0.1) is 31.0 Å². The van der Waals surface area contributed by atoms with Crippen LogP contribution >= 0.6 is 0 Å². The van der Waals surface area contributed by atoms with Gasteiger partial charge in [-0.15, -0.1) is 0 Å². The average molecular weight is 441 g/mol. The number of ether oxygens (including phenoxy) is 1. The van der Waals surface area contributed by atoms with Gasteiger partial charge in [0.2, 0.25) is 11.8 Å². The van der Waals surface area contributed by atoms with E-state index in [2.05, 4.69) is 4.98 Å². The third-order valence-corrected chi connectivity index (χ3v) is 6.50. The number of aromatic nitrogens is 1. The van der Waals surface area contributed by atoms with E-state index in [1.54, 1.807) is 12.4 Å². The number of anilines is 1. The molecule has 3 aliphatic heterocycles. The molecule has 5 rings (SSSR count). The van der Waals surface area contributed by atoms with Gasteiger partial charge in [0.1, 0.15) is 0 Å². The van der Waals surface area contributed by atoms with Crippen molar-refractivity contribution in [2.45, 2.75) is 12.6 Å². The molecule has 0 bridgehead atoms. The second-order valence-corrected chi connectivity index (χ2v) is 8.29. The summed E-state index contributed by atoms with van der Waals surface area (Å²) in [5.41, 5.74) is 0.861. The lowest BCUT2D eigenvalue weighted by Crippen LogP contribution is -2.45. The molecule has 0 spiro atoms. The maximum absolute atomic E-state index is 12.9. The lowest BCUT2D eigenvalue weighted by molar-refractivity contribution is -0.192. The van der Waals surface area contributed by atoms with Crippen molar-refractivity contribution in [2.75, 3.05) is 37.7 Å². The van der Waals surface area contributed by atoms with Gasteiger partial charge >= 0.3 is 12.1 Å². The Morgan fingerprint density at radius 1 is 1.19 bits per heavy atom. The Labute approximate surface area is 176 Å². The third-order valence-electron chi connectivity index (χ3n) is 6.50. The Kier molecular flexibility index (Phi) is 5.63. The summed E-state index contributed by atoms with van der Waals surface area (Å²) in [6.45, 7) is 3.50. The number of likely N-dealkylation sites (tertiary alicyclic amines) is 1. The van der Waals surface area contributed by atoms with Crippen molar-refractivity contribution in [3.05, 3.63) is 24.5 Å². The first kappa shape index (κ1) is 21.5. The highest BCUT2D eigenvalue weighted by Crippen LogP contribution is 2.52. The predicted molar refractivity (Wildman–Crippen MR) is 99.7 cm³/mol. The van der Waals surface area contributed by atoms with Gasteiger partial charge in [-0.2, -0.15) is 13.2 Å². The largest absolute Gasteiger partial charge is 0.490 e. The highest BCUT2D eigenvalue weighted by molar-refractivity contribution is 5.97. The number of hydrogen-bond acceptors (Lipinski definition) is 5. The molecule has 2 amide bonds. The molecule has 4 fully saturated rings. The van der Waals surface area contributed by atoms with E-state index in [-0.39, 0.29) is 23.7 Å². The van der Waals surface area contributed by atoms with E-state index >= 15 is 0 Å². The number of carboxylic acids is 1. The van der Waals surface area contributed by atoms with E-state index in [9.17, 15) is 22.8 Å². The number of rotatable bonds is 2. The molecule has 31 heavy (non-hydrogen) atoms. The van der Waals surface area contributed by atoms with Crippen molar-refractivity contribution in [3.63, 3.8) is 0 Å². The van der Waals surface area contributed by atoms with Crippen LogP contribution in [0.1, 0.15) is 6.42 Å². The minimum atomic E-state index is -5.08. The summed E-state index contributed by atoms with van der Waals surface area (Å²) < 4.78 is 37.1. The summed E-state index contributed by atoms with van der Waals surface area (Å²) in [4.78, 5) is 42.5. The topological polar surface area (TPSA) is 100 Å². The molecule has 3 unspecified atom stereocenters. The smallest absolute Gasteiger partial charge is 0.475 e. The zero-order valence-corrected chi connectivity index (χ0v) is 16.5. The molecule has 8 nitrogen and oxygen atoms in total. The molecule has 168 valence electrons. The maximum Gasteiger partial charge on any atom is 0.490 e. The van der Waals surface area contributed by atoms with Crippen LogP contribution in [0.3, 0.4) is 0 Å². The van der Waals surface area contributed by atoms with Crippen molar-refractivity contribution in [2.24, 2.45) is 29.6 Å². The molecule has 5 atom stereocenters. The van der Waals surface area contributed by atoms with E-state index in [1.165, 1.54) is 0 Å². The first-order valence-corrected chi connectivity index (χ1v) is 10.1. The van der Waals surface area contributed by atoms with Crippen LogP contribution in [-0.2, 0) is 19.1 Å². The van der Waals surface area contributed by atoms with Gasteiger partial charge in [0, 0.05) is 31.7 Å². The van der Waals surface area contributed by atoms with Crippen LogP contribution in [0.2, 0.25) is 0 Å². The van der Waals surface area contributed by atoms with Gasteiger partial charge in [0.25, 0.3) is 0 Å². The Balaban J connectivity index is 0.000000289. The Hall–Kier alpha value is -2.69. The van der Waals surface area contributed by atoms with Crippen LogP contribution in [-0.4, -0.2) is 71.8 Å². The summed E-state index contributed by atoms with van der Waals surface area (Å²) in [5, 5.41) is 7.12. The molecule has 1 aromatic heterocycles. The van der Waals surface area contributed by atoms with Crippen LogP contribution < -0.4 is 4.90 Å². The number of aliphatic carboxylic acids is 1. The molecular formula is C20H22F3N3O5. The Morgan fingerprint density at radius 2 is 1.87 bits per heavy atom. The predicted octanol–water partition coefficient (Wildman–Crippen LogP) is 1.42. The van der Waals surface area contributed by atoms with Crippen molar-refractivity contribution in [3.8, 4) is 0 Å². The molecule has 3 saturated heterocycles. The summed E-state index contributed by atoms with van der Waals surface area (Å²) in [7, 11) is 0. The van der Waals surface area contributed by atoms with Crippen molar-refractivity contribution < 1.29 is 37.4 Å². The third kappa shape index (κ3) is 4.23. The van der Waals surface area contributed by atoms with Gasteiger partial charge in [0.15, 0.2) is 0 Å². The minimum Gasteiger partial charge on any atom is -0.475 e. The molecule has 11 heteroatoms. The van der Waals surface area contributed by atoms with E-state index in [0.717, 1.165) is 38.4 Å². The second-order valence-electron chi connectivity index (χ2n) is 8.29. The summed E-state index contributed by atoms with van der Waals surface area (Å²) in [6.07, 6.45) is -0.676. The van der Waals surface area contributed by atoms with Crippen LogP contribution in [0.25, 0.3) is 0 Å². The standard InChI is InChI=1S/C18H21N3O3.C2HF3O2/c22-17-13-8-20(18(23)16-14-9-24-10-15(14)16)7-11(13)3-5-21(17)12-2-1-4-19-6-12;3-2(4,5)1(6)7/h1-2,4,6,11,13-16H,3,5,7-10H2;(H,6,7)/t11?,13?,14-,15+,16?;. The van der Waals surface area contributed by atoms with Gasteiger partial charge in [-0.1, -0.05) is 0 Å². The minimum absolute atomic E-state index is 0.0576. The molecule has 1 saturated carbocycles. The number of carbonyl (C=O) groups excluding carboxylic acids is 2. The fourth-order valence-electron chi connectivity index (χ4n) is 4.82. The fraction of sp³-hybridized carbons (Fsp3) is 0.600. The first-order chi connectivity index (χ1) is 14.7. The van der Waals surface area contributed by atoms with Gasteiger partial charge in [-0.05, 0) is 36.3 Å². The van der Waals surface area contributed by atoms with Crippen molar-refractivity contribution in [1.82, 2.24) is 9.88 Å². The Morgan fingerprint density at radius 3 is 2.45 bits per heavy atom. The Bertz CT molecular complexity index is 855. The quantitative estimate of drug-likeness (QED) is 0.745. The lowest BCUT2D eigenvalue weighted by atomic mass is 9.88. The number of halogens is 3. The van der Waals surface area contributed by atoms with Crippen LogP contribution in [0.4, 0.5) is 18.9 Å². The van der Waals surface area contributed by atoms with E-state index in [0.29, 0.717) is 24.3 Å². The van der Waals surface area contributed by atoms with Gasteiger partial charge < -0.3 is 19.6 Å². The van der Waals surface area contributed by atoms with Gasteiger partial charge in [-0.3, -0.25) is 14.6 Å². The number of alkyl halides is 3. The van der Waals surface area contributed by atoms with Gasteiger partial charge in [-0.25, -0.2) is 4.79 Å². The molecule has 1 aliphatic carbocycles. The number of amides is 2. The lowest BCUT2D eigenvalue weighted by Gasteiger charge is -2.33. The highest BCUT2D eigenvalue weighted by atomic mass is 19.4. The maximum atomic E-state index is 12.9. The second kappa shape index (κ2) is 8.10. The molecule has 4 heterocycles. The van der Waals surface area contributed by atoms with Crippen LogP contribution in [0, 0.1) is 29.6 Å². The van der Waals surface area contributed by atoms with Crippen molar-refractivity contribution >= 4 is 23.5 Å². The fourth-order valence-corrected chi connectivity index (χ4v) is 4.82. The average Bonchev–Trinajstić information content (AvgIpc) is 3.08. The van der Waals surface area contributed by atoms with E-state index in [4.69, 9.17) is 14.6 Å². The number of carboxylic acid groups (broad SMARTS) is 1. The molecule has 1 aromatic rings. The number of pyridine rings is 1. The van der Waals surface area contributed by atoms with Crippen molar-refractivity contribution in [1.29, 1.82) is 0 Å². The first-order valence-electron chi connectivity index (χ1n) is 10.1. The molecular weight excluding hydrogens is 419 g/mol. The number of fused-ring (bicyclic) bond motifs is 2. The SMILES string of the molecule is O=C(C1[C@H]2COC[C@@H]12)N1CC2CCN(c3cccnc3)C(=O)C2C1.O=C(O)C(F)(F)F. The number of nitrogens with zero attached hydrogens (tertiary/aromatic N) is 3. The van der Waals surface area contributed by atoms with E-state index < -0.39 is 12.1 Å². The summed E-state index contributed by atoms with van der Waals surface area (Å²) in [6, 6.07) is 3.78. The normalized spacial score (nSPS) is 31.5. The zero-order valence-electron chi connectivity index (χ0n) is 16.5. The van der Waals surface area contributed by atoms with Crippen LogP contribution in [0.15, 0.2) is 24.5 Å². The van der Waals surface area contributed by atoms with Crippen LogP contribution in [0.5, 0.6) is 0 Å². The summed E-state index contributed by atoms with van der Waals surface area (Å²) >= 11 is 0. The molecule has 0 aromatic carbocycles. The monoisotopic (exact) mass is 441 g/mol. The number of piperidine rings is 1. The molecule has 4 aliphatic rings. The van der Waals surface area contributed by atoms with E-state index in [1.807, 2.05) is 21.9 Å². The molecule has 1 N–H and O–H groups in total. The highest BCUT2D eigenvalue weighted by Gasteiger charge is 2.60. The number of hydrogen-bond donors (Lipinski definition) is 1. The summed E-state index contributed by atoms with van der Waals surface area (Å²) in [5.74, 6) is -1.08. The zero-order chi connectivity index (χ0) is 22.3.